The van der Waals surface area contributed by atoms with Crippen LogP contribution in [0.15, 0.2) is 41.8 Å². The molecule has 0 fully saturated rings. The smallest absolute Gasteiger partial charge is 0.242 e. The van der Waals surface area contributed by atoms with Crippen LogP contribution in [0.3, 0.4) is 0 Å². The van der Waals surface area contributed by atoms with Gasteiger partial charge in [-0.3, -0.25) is 4.79 Å². The molecule has 2 aromatic rings. The van der Waals surface area contributed by atoms with E-state index in [-0.39, 0.29) is 5.91 Å². The number of benzene rings is 1. The van der Waals surface area contributed by atoms with Crippen molar-refractivity contribution in [3.63, 3.8) is 0 Å². The number of para-hydroxylation sites is 1. The van der Waals surface area contributed by atoms with Gasteiger partial charge in [-0.05, 0) is 23.6 Å². The Kier molecular flexibility index (Phi) is 4.56. The average molecular weight is 291 g/mol. The number of thiophene rings is 1. The maximum Gasteiger partial charge on any atom is 0.242 e. The van der Waals surface area contributed by atoms with Crippen molar-refractivity contribution in [1.82, 2.24) is 0 Å². The van der Waals surface area contributed by atoms with E-state index in [1.165, 1.54) is 11.3 Å². The molecule has 0 radical (unpaired) electrons. The molecule has 0 bridgehead atoms. The van der Waals surface area contributed by atoms with Gasteiger partial charge in [0, 0.05) is 11.3 Å². The first-order valence-corrected chi connectivity index (χ1v) is 6.94. The van der Waals surface area contributed by atoms with Gasteiger partial charge in [0.25, 0.3) is 0 Å². The van der Waals surface area contributed by atoms with Crippen molar-refractivity contribution < 1.29 is 4.79 Å². The quantitative estimate of drug-likeness (QED) is 0.933. The number of nitrogens with zero attached hydrogens (tertiary/aromatic N) is 1. The summed E-state index contributed by atoms with van der Waals surface area (Å²) in [5.74, 6) is -1.04. The number of carbonyl (C=O) groups is 1. The van der Waals surface area contributed by atoms with E-state index in [4.69, 9.17) is 16.9 Å². The van der Waals surface area contributed by atoms with Crippen molar-refractivity contribution in [1.29, 1.82) is 5.26 Å². The summed E-state index contributed by atoms with van der Waals surface area (Å²) in [5.41, 5.74) is 0.528. The molecule has 5 heteroatoms. The fourth-order valence-corrected chi connectivity index (χ4v) is 2.54. The zero-order chi connectivity index (χ0) is 13.7. The fraction of sp³-hybridized carbons (Fsp3) is 0.143. The van der Waals surface area contributed by atoms with Gasteiger partial charge >= 0.3 is 0 Å². The van der Waals surface area contributed by atoms with Gasteiger partial charge < -0.3 is 5.32 Å². The van der Waals surface area contributed by atoms with Crippen LogP contribution in [0.5, 0.6) is 0 Å². The number of halogens is 1. The second-order valence-corrected chi connectivity index (χ2v) is 5.37. The van der Waals surface area contributed by atoms with Crippen molar-refractivity contribution in [2.24, 2.45) is 5.92 Å². The largest absolute Gasteiger partial charge is 0.324 e. The van der Waals surface area contributed by atoms with Gasteiger partial charge in [0.05, 0.1) is 16.8 Å². The lowest BCUT2D eigenvalue weighted by atomic mass is 10.1. The van der Waals surface area contributed by atoms with Crippen LogP contribution in [-0.2, 0) is 11.2 Å². The summed E-state index contributed by atoms with van der Waals surface area (Å²) in [7, 11) is 0. The predicted octanol–water partition coefficient (Wildman–Crippen LogP) is 3.72. The Labute approximate surface area is 120 Å². The summed E-state index contributed by atoms with van der Waals surface area (Å²) in [6, 6.07) is 12.8. The third-order valence-electron chi connectivity index (χ3n) is 2.59. The molecule has 19 heavy (non-hydrogen) atoms. The van der Waals surface area contributed by atoms with Crippen molar-refractivity contribution in [2.75, 3.05) is 5.32 Å². The van der Waals surface area contributed by atoms with E-state index >= 15 is 0 Å². The van der Waals surface area contributed by atoms with E-state index in [0.29, 0.717) is 17.1 Å². The van der Waals surface area contributed by atoms with Crippen LogP contribution < -0.4 is 5.32 Å². The number of hydrogen-bond donors (Lipinski definition) is 1. The zero-order valence-corrected chi connectivity index (χ0v) is 11.5. The van der Waals surface area contributed by atoms with Gasteiger partial charge in [-0.1, -0.05) is 29.8 Å². The molecule has 1 aromatic heterocycles. The molecule has 1 N–H and O–H groups in total. The molecule has 1 unspecified atom stereocenters. The highest BCUT2D eigenvalue weighted by atomic mass is 35.5. The number of anilines is 1. The van der Waals surface area contributed by atoms with Gasteiger partial charge in [0.2, 0.25) is 5.91 Å². The molecule has 0 aliphatic carbocycles. The van der Waals surface area contributed by atoms with E-state index in [1.807, 2.05) is 23.6 Å². The van der Waals surface area contributed by atoms with Gasteiger partial charge in [0.1, 0.15) is 5.92 Å². The minimum absolute atomic E-state index is 0.330. The molecule has 2 rings (SSSR count). The Morgan fingerprint density at radius 3 is 2.79 bits per heavy atom. The monoisotopic (exact) mass is 290 g/mol. The number of rotatable bonds is 4. The second-order valence-electron chi connectivity index (χ2n) is 3.93. The maximum atomic E-state index is 12.0. The van der Waals surface area contributed by atoms with Gasteiger partial charge in [0.15, 0.2) is 0 Å². The van der Waals surface area contributed by atoms with Crippen molar-refractivity contribution >= 4 is 34.5 Å². The SMILES string of the molecule is N#CC(Cc1cccs1)C(=O)Nc1ccccc1Cl. The van der Waals surface area contributed by atoms with Crippen LogP contribution in [0, 0.1) is 17.2 Å². The Hall–Kier alpha value is -1.83. The van der Waals surface area contributed by atoms with Gasteiger partial charge in [-0.25, -0.2) is 0 Å². The number of nitriles is 1. The molecular weight excluding hydrogens is 280 g/mol. The van der Waals surface area contributed by atoms with Crippen molar-refractivity contribution in [3.05, 3.63) is 51.7 Å². The molecule has 0 spiro atoms. The third kappa shape index (κ3) is 3.57. The molecule has 1 heterocycles. The summed E-state index contributed by atoms with van der Waals surface area (Å²) >= 11 is 7.50. The topological polar surface area (TPSA) is 52.9 Å². The lowest BCUT2D eigenvalue weighted by Gasteiger charge is -2.10. The molecule has 1 aromatic carbocycles. The van der Waals surface area contributed by atoms with Crippen LogP contribution in [0.25, 0.3) is 0 Å². The van der Waals surface area contributed by atoms with E-state index in [0.717, 1.165) is 4.88 Å². The standard InChI is InChI=1S/C14H11ClN2OS/c15-12-5-1-2-6-13(12)17-14(18)10(9-16)8-11-4-3-7-19-11/h1-7,10H,8H2,(H,17,18). The molecule has 3 nitrogen and oxygen atoms in total. The van der Waals surface area contributed by atoms with Crippen LogP contribution in [0.1, 0.15) is 4.88 Å². The van der Waals surface area contributed by atoms with E-state index in [1.54, 1.807) is 24.3 Å². The van der Waals surface area contributed by atoms with Gasteiger partial charge in [-0.2, -0.15) is 5.26 Å². The number of nitrogens with one attached hydrogen (secondary N) is 1. The van der Waals surface area contributed by atoms with E-state index in [9.17, 15) is 4.79 Å². The molecule has 0 saturated heterocycles. The second kappa shape index (κ2) is 6.37. The van der Waals surface area contributed by atoms with E-state index < -0.39 is 5.92 Å². The van der Waals surface area contributed by atoms with Crippen LogP contribution in [0.2, 0.25) is 5.02 Å². The van der Waals surface area contributed by atoms with Crippen molar-refractivity contribution in [2.45, 2.75) is 6.42 Å². The Balaban J connectivity index is 2.06. The summed E-state index contributed by atoms with van der Waals surface area (Å²) in [4.78, 5) is 13.0. The van der Waals surface area contributed by atoms with Crippen LogP contribution in [-0.4, -0.2) is 5.91 Å². The molecule has 0 aliphatic heterocycles. The molecule has 96 valence electrons. The molecule has 1 atom stereocenters. The predicted molar refractivity (Wildman–Crippen MR) is 77.2 cm³/mol. The summed E-state index contributed by atoms with van der Waals surface area (Å²) in [6.07, 6.45) is 0.421. The number of carbonyl (C=O) groups excluding carboxylic acids is 1. The maximum absolute atomic E-state index is 12.0. The van der Waals surface area contributed by atoms with E-state index in [2.05, 4.69) is 5.32 Å². The Morgan fingerprint density at radius 1 is 1.37 bits per heavy atom. The summed E-state index contributed by atoms with van der Waals surface area (Å²) in [5, 5.41) is 14.2. The van der Waals surface area contributed by atoms with Crippen LogP contribution in [0.4, 0.5) is 5.69 Å². The first kappa shape index (κ1) is 13.6. The van der Waals surface area contributed by atoms with Crippen LogP contribution >= 0.6 is 22.9 Å². The average Bonchev–Trinajstić information content (AvgIpc) is 2.91. The lowest BCUT2D eigenvalue weighted by Crippen LogP contribution is -2.23. The first-order chi connectivity index (χ1) is 9.20. The highest BCUT2D eigenvalue weighted by Gasteiger charge is 2.19. The fourth-order valence-electron chi connectivity index (χ4n) is 1.61. The minimum atomic E-state index is -0.713. The Bertz CT molecular complexity index is 604. The Morgan fingerprint density at radius 2 is 2.16 bits per heavy atom. The number of amides is 1. The third-order valence-corrected chi connectivity index (χ3v) is 3.82. The number of hydrogen-bond acceptors (Lipinski definition) is 3. The summed E-state index contributed by atoms with van der Waals surface area (Å²) < 4.78 is 0. The normalized spacial score (nSPS) is 11.6. The highest BCUT2D eigenvalue weighted by molar-refractivity contribution is 7.09. The highest BCUT2D eigenvalue weighted by Crippen LogP contribution is 2.22. The van der Waals surface area contributed by atoms with Crippen molar-refractivity contribution in [3.8, 4) is 6.07 Å². The van der Waals surface area contributed by atoms with Gasteiger partial charge in [-0.15, -0.1) is 11.3 Å². The molecular formula is C14H11ClN2OS. The first-order valence-electron chi connectivity index (χ1n) is 5.68. The molecule has 1 amide bonds. The minimum Gasteiger partial charge on any atom is -0.324 e. The zero-order valence-electron chi connectivity index (χ0n) is 9.97. The summed E-state index contributed by atoms with van der Waals surface area (Å²) in [6.45, 7) is 0. The molecule has 0 aliphatic rings. The lowest BCUT2D eigenvalue weighted by molar-refractivity contribution is -0.118. The molecule has 0 saturated carbocycles.